The molecule has 2 amide bonds. The fourth-order valence-corrected chi connectivity index (χ4v) is 4.05. The number of fused-ring (bicyclic) bond motifs is 1. The summed E-state index contributed by atoms with van der Waals surface area (Å²) in [5.41, 5.74) is 0.973. The molecule has 1 saturated carbocycles. The number of thioether (sulfide) groups is 1. The standard InChI is InChI=1S/C14H17N3OS2/c1-19-10-7-4-8-11-12(10)16-14(20-11)17-13(18)15-9-5-2-3-6-9/h4,7-9H,2-3,5-6H2,1H3,(H2,15,16,17,18). The van der Waals surface area contributed by atoms with Crippen molar-refractivity contribution >= 4 is 44.5 Å². The summed E-state index contributed by atoms with van der Waals surface area (Å²) in [5.74, 6) is 0. The molecule has 1 aliphatic rings. The van der Waals surface area contributed by atoms with E-state index in [4.69, 9.17) is 0 Å². The SMILES string of the molecule is CSc1cccc2sc(NC(=O)NC3CCCC3)nc12. The fourth-order valence-electron chi connectivity index (χ4n) is 2.53. The summed E-state index contributed by atoms with van der Waals surface area (Å²) in [6, 6.07) is 6.30. The van der Waals surface area contributed by atoms with Crippen molar-refractivity contribution < 1.29 is 4.79 Å². The maximum atomic E-state index is 11.9. The Labute approximate surface area is 126 Å². The lowest BCUT2D eigenvalue weighted by Gasteiger charge is -2.11. The van der Waals surface area contributed by atoms with Gasteiger partial charge >= 0.3 is 6.03 Å². The zero-order valence-electron chi connectivity index (χ0n) is 11.3. The summed E-state index contributed by atoms with van der Waals surface area (Å²) >= 11 is 3.19. The van der Waals surface area contributed by atoms with E-state index in [1.165, 1.54) is 24.2 Å². The summed E-state index contributed by atoms with van der Waals surface area (Å²) in [6.07, 6.45) is 6.63. The van der Waals surface area contributed by atoms with Gasteiger partial charge in [-0.15, -0.1) is 11.8 Å². The number of hydrogen-bond donors (Lipinski definition) is 2. The number of amides is 2. The number of aromatic nitrogens is 1. The number of nitrogens with one attached hydrogen (secondary N) is 2. The van der Waals surface area contributed by atoms with E-state index < -0.39 is 0 Å². The Kier molecular flexibility index (Phi) is 4.12. The monoisotopic (exact) mass is 307 g/mol. The van der Waals surface area contributed by atoms with Crippen molar-refractivity contribution in [2.24, 2.45) is 0 Å². The number of benzene rings is 1. The Morgan fingerprint density at radius 1 is 1.40 bits per heavy atom. The molecule has 0 bridgehead atoms. The molecule has 0 unspecified atom stereocenters. The number of anilines is 1. The summed E-state index contributed by atoms with van der Waals surface area (Å²) in [5, 5.41) is 6.53. The molecule has 0 aliphatic heterocycles. The van der Waals surface area contributed by atoms with Crippen LogP contribution >= 0.6 is 23.1 Å². The van der Waals surface area contributed by atoms with Gasteiger partial charge in [-0.3, -0.25) is 5.32 Å². The van der Waals surface area contributed by atoms with Crippen molar-refractivity contribution in [2.75, 3.05) is 11.6 Å². The van der Waals surface area contributed by atoms with Gasteiger partial charge in [0.25, 0.3) is 0 Å². The van der Waals surface area contributed by atoms with Crippen LogP contribution in [0.4, 0.5) is 9.93 Å². The predicted molar refractivity (Wildman–Crippen MR) is 85.8 cm³/mol. The fraction of sp³-hybridized carbons (Fsp3) is 0.429. The van der Waals surface area contributed by atoms with Crippen LogP contribution in [0.25, 0.3) is 10.2 Å². The molecule has 4 nitrogen and oxygen atoms in total. The summed E-state index contributed by atoms with van der Waals surface area (Å²) in [7, 11) is 0. The van der Waals surface area contributed by atoms with Gasteiger partial charge in [-0.1, -0.05) is 30.2 Å². The molecule has 106 valence electrons. The molecule has 3 rings (SSSR count). The third-order valence-corrected chi connectivity index (χ3v) is 5.22. The van der Waals surface area contributed by atoms with Gasteiger partial charge < -0.3 is 5.32 Å². The molecular formula is C14H17N3OS2. The van der Waals surface area contributed by atoms with Gasteiger partial charge in [0, 0.05) is 10.9 Å². The summed E-state index contributed by atoms with van der Waals surface area (Å²) in [6.45, 7) is 0. The minimum absolute atomic E-state index is 0.137. The van der Waals surface area contributed by atoms with Crippen molar-refractivity contribution in [2.45, 2.75) is 36.6 Å². The molecule has 0 saturated heterocycles. The first-order chi connectivity index (χ1) is 9.76. The van der Waals surface area contributed by atoms with Crippen molar-refractivity contribution in [1.82, 2.24) is 10.3 Å². The third-order valence-electron chi connectivity index (χ3n) is 3.51. The Balaban J connectivity index is 1.72. The van der Waals surface area contributed by atoms with E-state index in [9.17, 15) is 4.79 Å². The maximum absolute atomic E-state index is 11.9. The minimum Gasteiger partial charge on any atom is -0.335 e. The number of thiazole rings is 1. The average Bonchev–Trinajstić information content (AvgIpc) is 3.06. The molecule has 2 aromatic rings. The van der Waals surface area contributed by atoms with Gasteiger partial charge in [-0.05, 0) is 31.2 Å². The first-order valence-corrected chi connectivity index (χ1v) is 8.81. The summed E-state index contributed by atoms with van der Waals surface area (Å²) in [4.78, 5) is 17.6. The minimum atomic E-state index is -0.137. The van der Waals surface area contributed by atoms with Crippen molar-refractivity contribution in [3.05, 3.63) is 18.2 Å². The van der Waals surface area contributed by atoms with Crippen LogP contribution in [0.2, 0.25) is 0 Å². The highest BCUT2D eigenvalue weighted by atomic mass is 32.2. The van der Waals surface area contributed by atoms with Crippen molar-refractivity contribution in [3.63, 3.8) is 0 Å². The van der Waals surface area contributed by atoms with Crippen LogP contribution < -0.4 is 10.6 Å². The van der Waals surface area contributed by atoms with Gasteiger partial charge in [-0.25, -0.2) is 9.78 Å². The third kappa shape index (κ3) is 2.91. The van der Waals surface area contributed by atoms with Crippen LogP contribution in [0.5, 0.6) is 0 Å². The normalized spacial score (nSPS) is 15.7. The second kappa shape index (κ2) is 6.01. The van der Waals surface area contributed by atoms with Crippen LogP contribution in [0.1, 0.15) is 25.7 Å². The molecule has 1 aliphatic carbocycles. The largest absolute Gasteiger partial charge is 0.335 e. The molecular weight excluding hydrogens is 290 g/mol. The Morgan fingerprint density at radius 3 is 2.95 bits per heavy atom. The smallest absolute Gasteiger partial charge is 0.321 e. The van der Waals surface area contributed by atoms with Crippen molar-refractivity contribution in [1.29, 1.82) is 0 Å². The van der Waals surface area contributed by atoms with Crippen LogP contribution in [0.15, 0.2) is 23.1 Å². The lowest BCUT2D eigenvalue weighted by molar-refractivity contribution is 0.248. The van der Waals surface area contributed by atoms with E-state index in [0.29, 0.717) is 11.2 Å². The number of carbonyl (C=O) groups excluding carboxylic acids is 1. The Bertz CT molecular complexity index is 620. The van der Waals surface area contributed by atoms with Gasteiger partial charge in [0.15, 0.2) is 5.13 Å². The molecule has 1 aromatic carbocycles. The molecule has 0 atom stereocenters. The maximum Gasteiger partial charge on any atom is 0.321 e. The highest BCUT2D eigenvalue weighted by Gasteiger charge is 2.18. The zero-order valence-corrected chi connectivity index (χ0v) is 12.9. The van der Waals surface area contributed by atoms with E-state index in [1.54, 1.807) is 11.8 Å². The lowest BCUT2D eigenvalue weighted by Crippen LogP contribution is -2.36. The molecule has 6 heteroatoms. The van der Waals surface area contributed by atoms with Gasteiger partial charge in [0.05, 0.1) is 10.2 Å². The van der Waals surface area contributed by atoms with Crippen molar-refractivity contribution in [3.8, 4) is 0 Å². The van der Waals surface area contributed by atoms with E-state index in [2.05, 4.69) is 21.7 Å². The van der Waals surface area contributed by atoms with Crippen LogP contribution in [-0.2, 0) is 0 Å². The number of carbonyl (C=O) groups is 1. The number of nitrogens with zero attached hydrogens (tertiary/aromatic N) is 1. The molecule has 1 heterocycles. The van der Waals surface area contributed by atoms with Crippen LogP contribution in [0, 0.1) is 0 Å². The quantitative estimate of drug-likeness (QED) is 0.840. The van der Waals surface area contributed by atoms with Gasteiger partial charge in [0.1, 0.15) is 0 Å². The second-order valence-electron chi connectivity index (χ2n) is 4.91. The number of urea groups is 1. The average molecular weight is 307 g/mol. The van der Waals surface area contributed by atoms with E-state index in [0.717, 1.165) is 28.0 Å². The van der Waals surface area contributed by atoms with Gasteiger partial charge in [0.2, 0.25) is 0 Å². The Morgan fingerprint density at radius 2 is 2.20 bits per heavy atom. The Hall–Kier alpha value is -1.27. The molecule has 0 spiro atoms. The first kappa shape index (κ1) is 13.7. The van der Waals surface area contributed by atoms with E-state index in [1.807, 2.05) is 18.4 Å². The summed E-state index contributed by atoms with van der Waals surface area (Å²) < 4.78 is 1.10. The molecule has 1 aromatic heterocycles. The molecule has 20 heavy (non-hydrogen) atoms. The van der Waals surface area contributed by atoms with Crippen LogP contribution in [0.3, 0.4) is 0 Å². The van der Waals surface area contributed by atoms with Crippen LogP contribution in [-0.4, -0.2) is 23.3 Å². The zero-order chi connectivity index (χ0) is 13.9. The molecule has 1 fully saturated rings. The number of hydrogen-bond acceptors (Lipinski definition) is 4. The van der Waals surface area contributed by atoms with Gasteiger partial charge in [-0.2, -0.15) is 0 Å². The number of rotatable bonds is 3. The lowest BCUT2D eigenvalue weighted by atomic mass is 10.3. The predicted octanol–water partition coefficient (Wildman–Crippen LogP) is 4.08. The first-order valence-electron chi connectivity index (χ1n) is 6.77. The van der Waals surface area contributed by atoms with E-state index in [-0.39, 0.29) is 6.03 Å². The number of para-hydroxylation sites is 1. The molecule has 0 radical (unpaired) electrons. The molecule has 2 N–H and O–H groups in total. The second-order valence-corrected chi connectivity index (χ2v) is 6.78. The van der Waals surface area contributed by atoms with E-state index >= 15 is 0 Å². The topological polar surface area (TPSA) is 54.0 Å². The highest BCUT2D eigenvalue weighted by Crippen LogP contribution is 2.32. The highest BCUT2D eigenvalue weighted by molar-refractivity contribution is 7.98.